The quantitative estimate of drug-likeness (QED) is 0.738. The monoisotopic (exact) mass is 192 g/mol. The Labute approximate surface area is 82.4 Å². The molecule has 2 unspecified atom stereocenters. The van der Waals surface area contributed by atoms with Crippen molar-refractivity contribution in [2.75, 3.05) is 0 Å². The van der Waals surface area contributed by atoms with E-state index in [-0.39, 0.29) is 0 Å². The Bertz CT molecular complexity index is 319. The lowest BCUT2D eigenvalue weighted by molar-refractivity contribution is -0.141. The average molecular weight is 192 g/mol. The summed E-state index contributed by atoms with van der Waals surface area (Å²) in [6.45, 7) is 1.61. The normalized spacial score (nSPS) is 14.4. The van der Waals surface area contributed by atoms with Gasteiger partial charge in [0, 0.05) is 5.92 Å². The molecule has 0 aliphatic heterocycles. The number of aldehydes is 1. The smallest absolute Gasteiger partial charge is 0.311 e. The molecular formula is C11H12O3. The number of hydrogen-bond acceptors (Lipinski definition) is 2. The summed E-state index contributed by atoms with van der Waals surface area (Å²) in [4.78, 5) is 21.5. The van der Waals surface area contributed by atoms with Gasteiger partial charge in [0.2, 0.25) is 0 Å². The lowest BCUT2D eigenvalue weighted by atomic mass is 9.88. The van der Waals surface area contributed by atoms with Gasteiger partial charge < -0.3 is 9.90 Å². The molecule has 0 aliphatic rings. The van der Waals surface area contributed by atoms with Crippen molar-refractivity contribution in [3.05, 3.63) is 35.9 Å². The van der Waals surface area contributed by atoms with Gasteiger partial charge in [-0.1, -0.05) is 37.3 Å². The Morgan fingerprint density at radius 3 is 2.36 bits per heavy atom. The predicted molar refractivity (Wildman–Crippen MR) is 52.0 cm³/mol. The Morgan fingerprint density at radius 1 is 1.36 bits per heavy atom. The summed E-state index contributed by atoms with van der Waals surface area (Å²) in [7, 11) is 0. The summed E-state index contributed by atoms with van der Waals surface area (Å²) in [5.41, 5.74) is 0.666. The van der Waals surface area contributed by atoms with Gasteiger partial charge in [-0.2, -0.15) is 0 Å². The zero-order valence-electron chi connectivity index (χ0n) is 7.88. The van der Waals surface area contributed by atoms with Crippen molar-refractivity contribution in [3.63, 3.8) is 0 Å². The summed E-state index contributed by atoms with van der Waals surface area (Å²) in [5.74, 6) is -2.21. The molecule has 0 aliphatic carbocycles. The third-order valence-electron chi connectivity index (χ3n) is 2.17. The maximum absolute atomic E-state index is 10.9. The number of carbonyl (C=O) groups excluding carboxylic acids is 1. The highest BCUT2D eigenvalue weighted by Crippen LogP contribution is 2.23. The van der Waals surface area contributed by atoms with Crippen molar-refractivity contribution in [2.24, 2.45) is 5.92 Å². The molecule has 0 bridgehead atoms. The zero-order valence-corrected chi connectivity index (χ0v) is 7.88. The third-order valence-corrected chi connectivity index (χ3v) is 2.17. The second-order valence-electron chi connectivity index (χ2n) is 3.22. The first kappa shape index (κ1) is 10.4. The minimum absolute atomic E-state index is 0.505. The van der Waals surface area contributed by atoms with Crippen LogP contribution in [0.3, 0.4) is 0 Å². The van der Waals surface area contributed by atoms with E-state index in [1.165, 1.54) is 0 Å². The van der Waals surface area contributed by atoms with Gasteiger partial charge in [0.25, 0.3) is 0 Å². The highest BCUT2D eigenvalue weighted by atomic mass is 16.4. The summed E-state index contributed by atoms with van der Waals surface area (Å²) in [6.07, 6.45) is 0.672. The maximum Gasteiger partial charge on any atom is 0.311 e. The fraction of sp³-hybridized carbons (Fsp3) is 0.273. The molecule has 2 atom stereocenters. The van der Waals surface area contributed by atoms with Crippen molar-refractivity contribution >= 4 is 12.3 Å². The standard InChI is InChI=1S/C11H12O3/c1-8(7-12)10(11(13)14)9-5-3-2-4-6-9/h2-8,10H,1H3,(H,13,14). The predicted octanol–water partition coefficient (Wildman–Crippen LogP) is 1.69. The molecule has 1 aromatic carbocycles. The van der Waals surface area contributed by atoms with Crippen LogP contribution in [-0.4, -0.2) is 17.4 Å². The number of benzene rings is 1. The lowest BCUT2D eigenvalue weighted by Gasteiger charge is -2.14. The van der Waals surface area contributed by atoms with E-state index in [1.807, 2.05) is 6.07 Å². The van der Waals surface area contributed by atoms with E-state index >= 15 is 0 Å². The van der Waals surface area contributed by atoms with Crippen LogP contribution in [0, 0.1) is 5.92 Å². The first-order valence-electron chi connectivity index (χ1n) is 4.40. The molecule has 74 valence electrons. The molecule has 0 aromatic heterocycles. The Kier molecular flexibility index (Phi) is 3.40. The Morgan fingerprint density at radius 2 is 1.93 bits per heavy atom. The molecule has 1 aromatic rings. The van der Waals surface area contributed by atoms with Crippen LogP contribution < -0.4 is 0 Å². The van der Waals surface area contributed by atoms with Gasteiger partial charge in [-0.3, -0.25) is 4.79 Å². The SMILES string of the molecule is CC(C=O)C(C(=O)O)c1ccccc1. The van der Waals surface area contributed by atoms with Crippen molar-refractivity contribution < 1.29 is 14.7 Å². The van der Waals surface area contributed by atoms with E-state index in [9.17, 15) is 9.59 Å². The van der Waals surface area contributed by atoms with Crippen molar-refractivity contribution in [3.8, 4) is 0 Å². The van der Waals surface area contributed by atoms with E-state index in [2.05, 4.69) is 0 Å². The van der Waals surface area contributed by atoms with E-state index in [4.69, 9.17) is 5.11 Å². The largest absolute Gasteiger partial charge is 0.481 e. The van der Waals surface area contributed by atoms with E-state index in [0.717, 1.165) is 0 Å². The van der Waals surface area contributed by atoms with Crippen LogP contribution in [0.2, 0.25) is 0 Å². The van der Waals surface area contributed by atoms with Crippen molar-refractivity contribution in [1.29, 1.82) is 0 Å². The highest BCUT2D eigenvalue weighted by Gasteiger charge is 2.25. The molecule has 0 amide bonds. The summed E-state index contributed by atoms with van der Waals surface area (Å²) in [6, 6.07) is 8.79. The van der Waals surface area contributed by atoms with Gasteiger partial charge in [0.05, 0.1) is 5.92 Å². The van der Waals surface area contributed by atoms with Crippen LogP contribution in [0.15, 0.2) is 30.3 Å². The third kappa shape index (κ3) is 2.19. The van der Waals surface area contributed by atoms with Crippen LogP contribution in [0.5, 0.6) is 0 Å². The van der Waals surface area contributed by atoms with Crippen molar-refractivity contribution in [1.82, 2.24) is 0 Å². The molecule has 0 saturated carbocycles. The molecule has 0 heterocycles. The fourth-order valence-corrected chi connectivity index (χ4v) is 1.41. The lowest BCUT2D eigenvalue weighted by Crippen LogP contribution is -2.20. The first-order valence-corrected chi connectivity index (χ1v) is 4.40. The molecule has 1 N–H and O–H groups in total. The number of rotatable bonds is 4. The Hall–Kier alpha value is -1.64. The molecule has 0 radical (unpaired) electrons. The van der Waals surface area contributed by atoms with E-state index in [1.54, 1.807) is 31.2 Å². The number of hydrogen-bond donors (Lipinski definition) is 1. The molecule has 3 heteroatoms. The highest BCUT2D eigenvalue weighted by molar-refractivity contribution is 5.80. The summed E-state index contributed by atoms with van der Waals surface area (Å²) < 4.78 is 0. The van der Waals surface area contributed by atoms with Crippen LogP contribution in [0.25, 0.3) is 0 Å². The first-order chi connectivity index (χ1) is 6.66. The topological polar surface area (TPSA) is 54.4 Å². The van der Waals surface area contributed by atoms with E-state index in [0.29, 0.717) is 11.8 Å². The number of carboxylic acid groups (broad SMARTS) is 1. The molecule has 1 rings (SSSR count). The van der Waals surface area contributed by atoms with Gasteiger partial charge in [-0.25, -0.2) is 0 Å². The number of carboxylic acids is 1. The van der Waals surface area contributed by atoms with Crippen LogP contribution >= 0.6 is 0 Å². The molecule has 0 saturated heterocycles. The molecule has 0 fully saturated rings. The summed E-state index contributed by atoms with van der Waals surface area (Å²) in [5, 5.41) is 8.97. The van der Waals surface area contributed by atoms with Crippen LogP contribution in [-0.2, 0) is 9.59 Å². The van der Waals surface area contributed by atoms with Gasteiger partial charge in [0.15, 0.2) is 0 Å². The Balaban J connectivity index is 3.00. The van der Waals surface area contributed by atoms with Crippen molar-refractivity contribution in [2.45, 2.75) is 12.8 Å². The molecular weight excluding hydrogens is 180 g/mol. The molecule has 0 spiro atoms. The fourth-order valence-electron chi connectivity index (χ4n) is 1.41. The van der Waals surface area contributed by atoms with Gasteiger partial charge >= 0.3 is 5.97 Å². The van der Waals surface area contributed by atoms with Crippen LogP contribution in [0.4, 0.5) is 0 Å². The van der Waals surface area contributed by atoms with Gasteiger partial charge in [0.1, 0.15) is 6.29 Å². The summed E-state index contributed by atoms with van der Waals surface area (Å²) >= 11 is 0. The second-order valence-corrected chi connectivity index (χ2v) is 3.22. The number of carbonyl (C=O) groups is 2. The average Bonchev–Trinajstić information content (AvgIpc) is 2.19. The van der Waals surface area contributed by atoms with E-state index < -0.39 is 17.8 Å². The van der Waals surface area contributed by atoms with Gasteiger partial charge in [-0.15, -0.1) is 0 Å². The van der Waals surface area contributed by atoms with Gasteiger partial charge in [-0.05, 0) is 5.56 Å². The number of aliphatic carboxylic acids is 1. The maximum atomic E-state index is 10.9. The van der Waals surface area contributed by atoms with Crippen LogP contribution in [0.1, 0.15) is 18.4 Å². The minimum atomic E-state index is -0.962. The molecule has 3 nitrogen and oxygen atoms in total. The zero-order chi connectivity index (χ0) is 10.6. The second kappa shape index (κ2) is 4.56. The minimum Gasteiger partial charge on any atom is -0.481 e. The molecule has 14 heavy (non-hydrogen) atoms.